The first-order valence-electron chi connectivity index (χ1n) is 9.94. The number of guanidine groups is 1. The van der Waals surface area contributed by atoms with Gasteiger partial charge in [-0.1, -0.05) is 24.3 Å². The summed E-state index contributed by atoms with van der Waals surface area (Å²) in [4.78, 5) is 4.30. The van der Waals surface area contributed by atoms with Crippen LogP contribution < -0.4 is 10.6 Å². The fraction of sp³-hybridized carbons (Fsp3) is 0.500. The third-order valence-corrected chi connectivity index (χ3v) is 4.90. The van der Waals surface area contributed by atoms with Crippen LogP contribution in [0.5, 0.6) is 0 Å². The van der Waals surface area contributed by atoms with Gasteiger partial charge >= 0.3 is 0 Å². The van der Waals surface area contributed by atoms with Crippen LogP contribution >= 0.6 is 24.0 Å². The minimum absolute atomic E-state index is 0. The van der Waals surface area contributed by atoms with Crippen LogP contribution in [-0.4, -0.2) is 32.3 Å². The van der Waals surface area contributed by atoms with Crippen LogP contribution in [0.15, 0.2) is 45.8 Å². The van der Waals surface area contributed by atoms with Crippen LogP contribution in [0.25, 0.3) is 0 Å². The first kappa shape index (κ1) is 23.7. The van der Waals surface area contributed by atoms with Crippen LogP contribution in [0.4, 0.5) is 0 Å². The van der Waals surface area contributed by atoms with Crippen LogP contribution in [0.2, 0.25) is 0 Å². The molecule has 6 nitrogen and oxygen atoms in total. The number of rotatable bonds is 7. The first-order valence-corrected chi connectivity index (χ1v) is 9.94. The molecule has 2 aromatic rings. The molecule has 0 bridgehead atoms. The van der Waals surface area contributed by atoms with Crippen molar-refractivity contribution in [2.24, 2.45) is 4.99 Å². The lowest BCUT2D eigenvalue weighted by Crippen LogP contribution is -2.38. The van der Waals surface area contributed by atoms with E-state index in [0.717, 1.165) is 43.5 Å². The molecule has 2 heterocycles. The van der Waals surface area contributed by atoms with Crippen molar-refractivity contribution in [3.05, 3.63) is 59.0 Å². The first-order chi connectivity index (χ1) is 13.6. The quantitative estimate of drug-likeness (QED) is 0.328. The highest BCUT2D eigenvalue weighted by atomic mass is 127. The predicted molar refractivity (Wildman–Crippen MR) is 126 cm³/mol. The highest BCUT2D eigenvalue weighted by molar-refractivity contribution is 14.0. The molecule has 0 aliphatic carbocycles. The molecule has 0 saturated carbocycles. The highest BCUT2D eigenvalue weighted by Crippen LogP contribution is 2.16. The molecule has 1 fully saturated rings. The summed E-state index contributed by atoms with van der Waals surface area (Å²) in [7, 11) is 1.77. The Morgan fingerprint density at radius 1 is 1.14 bits per heavy atom. The summed E-state index contributed by atoms with van der Waals surface area (Å²) in [5.41, 5.74) is 2.39. The zero-order valence-electron chi connectivity index (χ0n) is 17.4. The second-order valence-electron chi connectivity index (χ2n) is 7.18. The van der Waals surface area contributed by atoms with Crippen LogP contribution in [0.1, 0.15) is 48.5 Å². The Hall–Kier alpha value is -1.58. The van der Waals surface area contributed by atoms with Gasteiger partial charge < -0.3 is 24.5 Å². The molecule has 2 N–H and O–H groups in total. The molecule has 1 aromatic carbocycles. The van der Waals surface area contributed by atoms with Crippen molar-refractivity contribution in [2.75, 3.05) is 20.3 Å². The van der Waals surface area contributed by atoms with E-state index in [-0.39, 0.29) is 30.0 Å². The number of halogens is 1. The molecule has 29 heavy (non-hydrogen) atoms. The van der Waals surface area contributed by atoms with E-state index in [1.807, 2.05) is 19.1 Å². The van der Waals surface area contributed by atoms with Crippen molar-refractivity contribution in [1.29, 1.82) is 0 Å². The van der Waals surface area contributed by atoms with Crippen molar-refractivity contribution >= 4 is 29.9 Å². The second-order valence-corrected chi connectivity index (χ2v) is 7.18. The van der Waals surface area contributed by atoms with E-state index in [9.17, 15) is 0 Å². The van der Waals surface area contributed by atoms with E-state index in [2.05, 4.69) is 46.8 Å². The van der Waals surface area contributed by atoms with Crippen LogP contribution in [0, 0.1) is 6.92 Å². The maximum Gasteiger partial charge on any atom is 0.191 e. The van der Waals surface area contributed by atoms with E-state index < -0.39 is 0 Å². The van der Waals surface area contributed by atoms with Gasteiger partial charge in [0.05, 0.1) is 18.8 Å². The molecule has 0 radical (unpaired) electrons. The fourth-order valence-corrected chi connectivity index (χ4v) is 3.15. The van der Waals surface area contributed by atoms with Gasteiger partial charge in [0.1, 0.15) is 11.5 Å². The zero-order chi connectivity index (χ0) is 19.8. The normalized spacial score (nSPS) is 16.2. The van der Waals surface area contributed by atoms with E-state index in [1.54, 1.807) is 7.05 Å². The molecule has 1 atom stereocenters. The molecule has 160 valence electrons. The van der Waals surface area contributed by atoms with Gasteiger partial charge in [0, 0.05) is 26.8 Å². The predicted octanol–water partition coefficient (Wildman–Crippen LogP) is 4.33. The molecule has 1 unspecified atom stereocenters. The maximum absolute atomic E-state index is 5.98. The van der Waals surface area contributed by atoms with E-state index >= 15 is 0 Å². The summed E-state index contributed by atoms with van der Waals surface area (Å²) in [5, 5.41) is 6.70. The third-order valence-electron chi connectivity index (χ3n) is 4.90. The lowest BCUT2D eigenvalue weighted by atomic mass is 10.1. The smallest absolute Gasteiger partial charge is 0.191 e. The number of nitrogens with zero attached hydrogens (tertiary/aromatic N) is 1. The van der Waals surface area contributed by atoms with Gasteiger partial charge in [-0.15, -0.1) is 24.0 Å². The highest BCUT2D eigenvalue weighted by Gasteiger charge is 2.14. The number of aliphatic imine (C=N–C) groups is 1. The molecule has 3 rings (SSSR count). The summed E-state index contributed by atoms with van der Waals surface area (Å²) in [6.45, 7) is 6.97. The van der Waals surface area contributed by atoms with E-state index in [4.69, 9.17) is 13.9 Å². The summed E-state index contributed by atoms with van der Waals surface area (Å²) < 4.78 is 17.0. The van der Waals surface area contributed by atoms with Gasteiger partial charge in [-0.25, -0.2) is 0 Å². The van der Waals surface area contributed by atoms with Gasteiger partial charge in [-0.3, -0.25) is 4.99 Å². The molecule has 1 aromatic heterocycles. The number of ether oxygens (including phenoxy) is 2. The number of hydrogen-bond acceptors (Lipinski definition) is 4. The van der Waals surface area contributed by atoms with Crippen LogP contribution in [0.3, 0.4) is 0 Å². The lowest BCUT2D eigenvalue weighted by Gasteiger charge is -2.22. The molecule has 1 aliphatic heterocycles. The van der Waals surface area contributed by atoms with Crippen molar-refractivity contribution in [3.63, 3.8) is 0 Å². The SMILES string of the molecule is CN=C(NCc1ccc(COC2CCOCC2)cc1)NC(C)c1ccc(C)o1.I. The van der Waals surface area contributed by atoms with E-state index in [1.165, 1.54) is 11.1 Å². The number of hydrogen-bond donors (Lipinski definition) is 2. The largest absolute Gasteiger partial charge is 0.464 e. The van der Waals surface area contributed by atoms with Crippen molar-refractivity contribution in [2.45, 2.75) is 52.0 Å². The minimum Gasteiger partial charge on any atom is -0.464 e. The molecule has 7 heteroatoms. The Morgan fingerprint density at radius 3 is 2.45 bits per heavy atom. The molecule has 0 amide bonds. The van der Waals surface area contributed by atoms with Gasteiger partial charge in [0.15, 0.2) is 5.96 Å². The van der Waals surface area contributed by atoms with Gasteiger partial charge in [0.25, 0.3) is 0 Å². The van der Waals surface area contributed by atoms with Gasteiger partial charge in [-0.05, 0) is 49.9 Å². The van der Waals surface area contributed by atoms with Gasteiger partial charge in [-0.2, -0.15) is 0 Å². The summed E-state index contributed by atoms with van der Waals surface area (Å²) >= 11 is 0. The molecule has 1 aliphatic rings. The molecule has 1 saturated heterocycles. The molecular formula is C22H32IN3O3. The maximum atomic E-state index is 5.98. The Morgan fingerprint density at radius 2 is 1.83 bits per heavy atom. The number of benzene rings is 1. The summed E-state index contributed by atoms with van der Waals surface area (Å²) in [5.74, 6) is 2.55. The number of furan rings is 1. The Labute approximate surface area is 190 Å². The third kappa shape index (κ3) is 7.64. The van der Waals surface area contributed by atoms with Crippen molar-refractivity contribution in [1.82, 2.24) is 10.6 Å². The number of aryl methyl sites for hydroxylation is 1. The second kappa shape index (κ2) is 12.2. The Kier molecular flexibility index (Phi) is 9.96. The summed E-state index contributed by atoms with van der Waals surface area (Å²) in [6, 6.07) is 12.5. The zero-order valence-corrected chi connectivity index (χ0v) is 19.8. The Balaban J connectivity index is 0.00000300. The van der Waals surface area contributed by atoms with Crippen LogP contribution in [-0.2, 0) is 22.6 Å². The minimum atomic E-state index is 0. The molecular weight excluding hydrogens is 481 g/mol. The lowest BCUT2D eigenvalue weighted by molar-refractivity contribution is -0.0390. The van der Waals surface area contributed by atoms with Crippen molar-refractivity contribution in [3.8, 4) is 0 Å². The average Bonchev–Trinajstić information content (AvgIpc) is 3.17. The van der Waals surface area contributed by atoms with E-state index in [0.29, 0.717) is 19.3 Å². The standard InChI is InChI=1S/C22H31N3O3.HI/c1-16-4-9-21(28-16)17(2)25-22(23-3)24-14-18-5-7-19(8-6-18)15-27-20-10-12-26-13-11-20;/h4-9,17,20H,10-15H2,1-3H3,(H2,23,24,25);1H. The summed E-state index contributed by atoms with van der Waals surface area (Å²) in [6.07, 6.45) is 2.30. The molecule has 0 spiro atoms. The van der Waals surface area contributed by atoms with Gasteiger partial charge in [0.2, 0.25) is 0 Å². The Bertz CT molecular complexity index is 755. The fourth-order valence-electron chi connectivity index (χ4n) is 3.15. The van der Waals surface area contributed by atoms with Crippen molar-refractivity contribution < 1.29 is 13.9 Å². The topological polar surface area (TPSA) is 68.0 Å². The number of nitrogens with one attached hydrogen (secondary N) is 2. The monoisotopic (exact) mass is 513 g/mol. The average molecular weight is 513 g/mol.